The molecule has 0 radical (unpaired) electrons. The number of aromatic nitrogens is 1. The van der Waals surface area contributed by atoms with E-state index in [4.69, 9.17) is 4.74 Å². The quantitative estimate of drug-likeness (QED) is 0.670. The van der Waals surface area contributed by atoms with Crippen molar-refractivity contribution in [3.05, 3.63) is 58.8 Å². The van der Waals surface area contributed by atoms with Gasteiger partial charge in [-0.1, -0.05) is 12.1 Å². The number of nitrogens with zero attached hydrogens (tertiary/aromatic N) is 1. The van der Waals surface area contributed by atoms with Gasteiger partial charge in [-0.3, -0.25) is 4.79 Å². The fourth-order valence-corrected chi connectivity index (χ4v) is 1.86. The van der Waals surface area contributed by atoms with E-state index in [9.17, 15) is 4.79 Å². The molecule has 16 heavy (non-hydrogen) atoms. The van der Waals surface area contributed by atoms with Crippen LogP contribution in [0.4, 0.5) is 0 Å². The second kappa shape index (κ2) is 3.38. The highest BCUT2D eigenvalue weighted by Crippen LogP contribution is 2.16. The number of hydrogen-bond donors (Lipinski definition) is 0. The summed E-state index contributed by atoms with van der Waals surface area (Å²) in [7, 11) is 0. The maximum Gasteiger partial charge on any atom is 0.190 e. The zero-order chi connectivity index (χ0) is 11.0. The van der Waals surface area contributed by atoms with Crippen LogP contribution in [-0.2, 0) is 4.74 Å². The molecule has 0 atom stereocenters. The van der Waals surface area contributed by atoms with Crippen LogP contribution in [0.3, 0.4) is 0 Å². The fraction of sp³-hybridized carbons (Fsp3) is 0. The summed E-state index contributed by atoms with van der Waals surface area (Å²) in [4.78, 5) is 11.9. The lowest BCUT2D eigenvalue weighted by atomic mass is 10.2. The first-order valence-corrected chi connectivity index (χ1v) is 4.99. The molecule has 1 aromatic carbocycles. The highest BCUT2D eigenvalue weighted by molar-refractivity contribution is 5.82. The topological polar surface area (TPSA) is 31.2 Å². The Kier molecular flexibility index (Phi) is 1.90. The van der Waals surface area contributed by atoms with Crippen LogP contribution < -0.4 is 5.43 Å². The maximum absolute atomic E-state index is 11.9. The molecule has 3 nitrogen and oxygen atoms in total. The van der Waals surface area contributed by atoms with Crippen molar-refractivity contribution in [1.29, 1.82) is 0 Å². The Balaban J connectivity index is 2.52. The number of benzene rings is 1. The van der Waals surface area contributed by atoms with E-state index in [0.29, 0.717) is 5.39 Å². The van der Waals surface area contributed by atoms with Gasteiger partial charge in [-0.2, -0.15) is 0 Å². The van der Waals surface area contributed by atoms with E-state index in [1.807, 2.05) is 28.8 Å². The van der Waals surface area contributed by atoms with Crippen LogP contribution in [0, 0.1) is 0 Å². The van der Waals surface area contributed by atoms with Crippen molar-refractivity contribution in [2.45, 2.75) is 0 Å². The van der Waals surface area contributed by atoms with Crippen LogP contribution in [0.2, 0.25) is 0 Å². The van der Waals surface area contributed by atoms with Crippen molar-refractivity contribution < 1.29 is 4.74 Å². The Morgan fingerprint density at radius 3 is 2.94 bits per heavy atom. The van der Waals surface area contributed by atoms with Gasteiger partial charge in [-0.25, -0.2) is 0 Å². The molecule has 3 rings (SSSR count). The molecule has 0 fully saturated rings. The van der Waals surface area contributed by atoms with Crippen LogP contribution in [0.1, 0.15) is 5.69 Å². The van der Waals surface area contributed by atoms with Crippen LogP contribution >= 0.6 is 0 Å². The first kappa shape index (κ1) is 8.97. The highest BCUT2D eigenvalue weighted by atomic mass is 16.5. The Hall–Kier alpha value is -2.29. The summed E-state index contributed by atoms with van der Waals surface area (Å²) in [5.74, 6) is 0. The summed E-state index contributed by atoms with van der Waals surface area (Å²) in [5, 5.41) is 0.714. The van der Waals surface area contributed by atoms with E-state index in [1.165, 1.54) is 0 Å². The van der Waals surface area contributed by atoms with Gasteiger partial charge in [0.25, 0.3) is 0 Å². The molecular weight excluding hydrogens is 202 g/mol. The second-order valence-corrected chi connectivity index (χ2v) is 3.54. The first-order valence-electron chi connectivity index (χ1n) is 4.99. The number of hydrogen-bond acceptors (Lipinski definition) is 2. The predicted octanol–water partition coefficient (Wildman–Crippen LogP) is 2.43. The molecule has 78 valence electrons. The Morgan fingerprint density at radius 1 is 1.12 bits per heavy atom. The average molecular weight is 211 g/mol. The van der Waals surface area contributed by atoms with Crippen molar-refractivity contribution >= 4 is 23.2 Å². The number of fused-ring (bicyclic) bond motifs is 3. The molecule has 0 amide bonds. The molecule has 0 spiro atoms. The van der Waals surface area contributed by atoms with E-state index in [1.54, 1.807) is 30.9 Å². The van der Waals surface area contributed by atoms with Gasteiger partial charge in [0, 0.05) is 17.7 Å². The van der Waals surface area contributed by atoms with Gasteiger partial charge in [0.05, 0.1) is 17.5 Å². The Bertz CT molecular complexity index is 665. The summed E-state index contributed by atoms with van der Waals surface area (Å²) in [5.41, 5.74) is 1.73. The lowest BCUT2D eigenvalue weighted by Crippen LogP contribution is -2.07. The first-order chi connectivity index (χ1) is 7.86. The number of ether oxygens (including phenoxy) is 1. The highest BCUT2D eigenvalue weighted by Gasteiger charge is 2.05. The Morgan fingerprint density at radius 2 is 2.00 bits per heavy atom. The Labute approximate surface area is 91.9 Å². The molecule has 0 unspecified atom stereocenters. The molecular formula is C13H9NO2. The summed E-state index contributed by atoms with van der Waals surface area (Å²) in [6.45, 7) is 0. The molecule has 1 aliphatic rings. The third kappa shape index (κ3) is 1.26. The van der Waals surface area contributed by atoms with E-state index >= 15 is 0 Å². The maximum atomic E-state index is 11.9. The minimum Gasteiger partial charge on any atom is -0.471 e. The lowest BCUT2D eigenvalue weighted by molar-refractivity contribution is 0.410. The summed E-state index contributed by atoms with van der Waals surface area (Å²) < 4.78 is 7.01. The summed E-state index contributed by atoms with van der Waals surface area (Å²) in [6, 6.07) is 9.14. The van der Waals surface area contributed by atoms with Gasteiger partial charge >= 0.3 is 0 Å². The molecule has 2 aromatic rings. The van der Waals surface area contributed by atoms with Crippen LogP contribution in [0.25, 0.3) is 23.2 Å². The molecule has 1 aromatic heterocycles. The van der Waals surface area contributed by atoms with Gasteiger partial charge in [0.2, 0.25) is 0 Å². The van der Waals surface area contributed by atoms with Gasteiger partial charge in [0.15, 0.2) is 5.43 Å². The molecule has 0 aliphatic carbocycles. The van der Waals surface area contributed by atoms with Crippen LogP contribution in [0.15, 0.2) is 47.7 Å². The molecule has 0 saturated heterocycles. The monoisotopic (exact) mass is 211 g/mol. The predicted molar refractivity (Wildman–Crippen MR) is 63.7 cm³/mol. The van der Waals surface area contributed by atoms with Crippen molar-refractivity contribution in [2.75, 3.05) is 0 Å². The van der Waals surface area contributed by atoms with E-state index < -0.39 is 0 Å². The van der Waals surface area contributed by atoms with Crippen molar-refractivity contribution in [3.8, 4) is 0 Å². The molecule has 0 N–H and O–H groups in total. The molecule has 1 aliphatic heterocycles. The lowest BCUT2D eigenvalue weighted by Gasteiger charge is -2.08. The van der Waals surface area contributed by atoms with Gasteiger partial charge in [0.1, 0.15) is 6.26 Å². The summed E-state index contributed by atoms with van der Waals surface area (Å²) >= 11 is 0. The van der Waals surface area contributed by atoms with Crippen LogP contribution in [-0.4, -0.2) is 4.57 Å². The number of pyridine rings is 1. The molecule has 0 saturated carbocycles. The standard InChI is InChI=1S/C13H9NO2/c15-13-9-10-5-7-16-8-6-14(10)12-4-2-1-3-11(12)13/h1-9H. The number of rotatable bonds is 0. The largest absolute Gasteiger partial charge is 0.471 e. The van der Waals surface area contributed by atoms with Crippen LogP contribution in [0.5, 0.6) is 0 Å². The van der Waals surface area contributed by atoms with Gasteiger partial charge < -0.3 is 9.30 Å². The minimum absolute atomic E-state index is 0.0294. The minimum atomic E-state index is 0.0294. The third-order valence-electron chi connectivity index (χ3n) is 2.59. The zero-order valence-corrected chi connectivity index (χ0v) is 8.46. The van der Waals surface area contributed by atoms with Crippen molar-refractivity contribution in [1.82, 2.24) is 4.57 Å². The smallest absolute Gasteiger partial charge is 0.190 e. The zero-order valence-electron chi connectivity index (χ0n) is 8.46. The molecule has 2 heterocycles. The van der Waals surface area contributed by atoms with Crippen molar-refractivity contribution in [3.63, 3.8) is 0 Å². The normalized spacial score (nSPS) is 13.2. The van der Waals surface area contributed by atoms with Gasteiger partial charge in [-0.05, 0) is 18.2 Å². The van der Waals surface area contributed by atoms with E-state index in [2.05, 4.69) is 0 Å². The molecule has 0 bridgehead atoms. The van der Waals surface area contributed by atoms with Crippen molar-refractivity contribution in [2.24, 2.45) is 0 Å². The summed E-state index contributed by atoms with van der Waals surface area (Å²) in [6.07, 6.45) is 6.72. The third-order valence-corrected chi connectivity index (χ3v) is 2.59. The molecule has 3 heteroatoms. The average Bonchev–Trinajstić information content (AvgIpc) is 2.55. The fourth-order valence-electron chi connectivity index (χ4n) is 1.86. The SMILES string of the molecule is O=c1cc2n(c3ccccc13)C=COC=C2. The second-order valence-electron chi connectivity index (χ2n) is 3.54. The van der Waals surface area contributed by atoms with E-state index in [-0.39, 0.29) is 5.43 Å². The number of para-hydroxylation sites is 1. The van der Waals surface area contributed by atoms with Gasteiger partial charge in [-0.15, -0.1) is 0 Å². The van der Waals surface area contributed by atoms with E-state index in [0.717, 1.165) is 11.2 Å².